The average molecular weight is 279 g/mol. The van der Waals surface area contributed by atoms with Crippen molar-refractivity contribution in [3.8, 4) is 0 Å². The minimum absolute atomic E-state index is 0.0305. The van der Waals surface area contributed by atoms with Crippen molar-refractivity contribution in [2.24, 2.45) is 5.92 Å². The fourth-order valence-corrected chi connectivity index (χ4v) is 2.64. The zero-order valence-corrected chi connectivity index (χ0v) is 11.7. The molecule has 0 aliphatic carbocycles. The van der Waals surface area contributed by atoms with Crippen molar-refractivity contribution in [2.75, 3.05) is 32.5 Å². The molecule has 1 aromatic carbocycles. The normalized spacial score (nSPS) is 19.2. The number of benzene rings is 1. The summed E-state index contributed by atoms with van der Waals surface area (Å²) in [6.45, 7) is 3.40. The van der Waals surface area contributed by atoms with Crippen LogP contribution in [0.15, 0.2) is 18.2 Å². The third-order valence-electron chi connectivity index (χ3n) is 3.57. The Kier molecular flexibility index (Phi) is 4.92. The molecule has 2 rings (SSSR count). The number of hydrogen-bond acceptors (Lipinski definition) is 5. The van der Waals surface area contributed by atoms with Crippen LogP contribution in [-0.4, -0.2) is 36.6 Å². The summed E-state index contributed by atoms with van der Waals surface area (Å²) in [7, 11) is 2.05. The van der Waals surface area contributed by atoms with Crippen LogP contribution in [-0.2, 0) is 11.3 Å². The van der Waals surface area contributed by atoms with Crippen molar-refractivity contribution in [1.82, 2.24) is 4.90 Å². The van der Waals surface area contributed by atoms with E-state index in [1.165, 1.54) is 12.5 Å². The number of nitro benzene ring substituents is 1. The molecule has 110 valence electrons. The van der Waals surface area contributed by atoms with Crippen molar-refractivity contribution in [3.05, 3.63) is 33.9 Å². The van der Waals surface area contributed by atoms with Gasteiger partial charge in [0.05, 0.1) is 11.5 Å². The van der Waals surface area contributed by atoms with Gasteiger partial charge in [0.1, 0.15) is 5.69 Å². The molecule has 0 saturated carbocycles. The minimum Gasteiger partial charge on any atom is -0.393 e. The molecule has 1 aromatic rings. The fourth-order valence-electron chi connectivity index (χ4n) is 2.64. The molecule has 1 aliphatic heterocycles. The van der Waals surface area contributed by atoms with E-state index in [1.54, 1.807) is 12.1 Å². The topological polar surface area (TPSA) is 81.6 Å². The fraction of sp³-hybridized carbons (Fsp3) is 0.571. The maximum Gasteiger partial charge on any atom is 0.292 e. The lowest BCUT2D eigenvalue weighted by Crippen LogP contribution is -2.30. The van der Waals surface area contributed by atoms with Crippen LogP contribution >= 0.6 is 0 Å². The van der Waals surface area contributed by atoms with Gasteiger partial charge in [-0.05, 0) is 37.4 Å². The largest absolute Gasteiger partial charge is 0.393 e. The molecule has 1 heterocycles. The SMILES string of the molecule is CN(Cc1ccc([N+](=O)[O-])c(N)c1)CC1CCCOC1. The number of anilines is 1. The Bertz CT molecular complexity index is 473. The predicted molar refractivity (Wildman–Crippen MR) is 77.4 cm³/mol. The second-order valence-electron chi connectivity index (χ2n) is 5.43. The highest BCUT2D eigenvalue weighted by molar-refractivity contribution is 5.59. The molecule has 1 atom stereocenters. The maximum atomic E-state index is 10.7. The van der Waals surface area contributed by atoms with Crippen molar-refractivity contribution in [2.45, 2.75) is 19.4 Å². The van der Waals surface area contributed by atoms with E-state index in [0.29, 0.717) is 5.92 Å². The van der Waals surface area contributed by atoms with Gasteiger partial charge in [0.15, 0.2) is 0 Å². The van der Waals surface area contributed by atoms with Crippen LogP contribution in [0.5, 0.6) is 0 Å². The van der Waals surface area contributed by atoms with E-state index >= 15 is 0 Å². The molecule has 20 heavy (non-hydrogen) atoms. The number of nitrogens with two attached hydrogens (primary N) is 1. The highest BCUT2D eigenvalue weighted by atomic mass is 16.6. The van der Waals surface area contributed by atoms with E-state index in [4.69, 9.17) is 10.5 Å². The number of ether oxygens (including phenoxy) is 1. The molecule has 0 radical (unpaired) electrons. The van der Waals surface area contributed by atoms with E-state index in [-0.39, 0.29) is 11.4 Å². The lowest BCUT2D eigenvalue weighted by atomic mass is 10.0. The van der Waals surface area contributed by atoms with E-state index < -0.39 is 4.92 Å². The van der Waals surface area contributed by atoms with Crippen LogP contribution < -0.4 is 5.73 Å². The summed E-state index contributed by atoms with van der Waals surface area (Å²) in [5.74, 6) is 0.573. The van der Waals surface area contributed by atoms with Gasteiger partial charge in [-0.25, -0.2) is 0 Å². The minimum atomic E-state index is -0.456. The molecule has 1 aliphatic rings. The summed E-state index contributed by atoms with van der Waals surface area (Å²) in [5.41, 5.74) is 6.89. The van der Waals surface area contributed by atoms with Crippen molar-refractivity contribution < 1.29 is 9.66 Å². The predicted octanol–water partition coefficient (Wildman–Crippen LogP) is 2.04. The Morgan fingerprint density at radius 3 is 2.95 bits per heavy atom. The summed E-state index contributed by atoms with van der Waals surface area (Å²) in [4.78, 5) is 12.5. The highest BCUT2D eigenvalue weighted by Gasteiger charge is 2.17. The Morgan fingerprint density at radius 2 is 2.35 bits per heavy atom. The Morgan fingerprint density at radius 1 is 1.55 bits per heavy atom. The first-order valence-electron chi connectivity index (χ1n) is 6.85. The van der Waals surface area contributed by atoms with Crippen molar-refractivity contribution >= 4 is 11.4 Å². The molecular weight excluding hydrogens is 258 g/mol. The number of nitrogens with zero attached hydrogens (tertiary/aromatic N) is 2. The van der Waals surface area contributed by atoms with E-state index in [2.05, 4.69) is 4.90 Å². The lowest BCUT2D eigenvalue weighted by Gasteiger charge is -2.27. The molecule has 6 nitrogen and oxygen atoms in total. The van der Waals surface area contributed by atoms with Crippen molar-refractivity contribution in [1.29, 1.82) is 0 Å². The van der Waals surface area contributed by atoms with Crippen LogP contribution in [0.4, 0.5) is 11.4 Å². The molecular formula is C14H21N3O3. The van der Waals surface area contributed by atoms with Gasteiger partial charge in [-0.15, -0.1) is 0 Å². The first-order valence-corrected chi connectivity index (χ1v) is 6.85. The zero-order chi connectivity index (χ0) is 14.5. The van der Waals surface area contributed by atoms with Crippen LogP contribution in [0.1, 0.15) is 18.4 Å². The van der Waals surface area contributed by atoms with Crippen LogP contribution in [0.25, 0.3) is 0 Å². The standard InChI is InChI=1S/C14H21N3O3/c1-16(9-12-3-2-6-20-10-12)8-11-4-5-14(17(18)19)13(15)7-11/h4-5,7,12H,2-3,6,8-10,15H2,1H3. The Labute approximate surface area is 118 Å². The first kappa shape index (κ1) is 14.7. The van der Waals surface area contributed by atoms with Gasteiger partial charge in [-0.2, -0.15) is 0 Å². The Hall–Kier alpha value is -1.66. The molecule has 0 aromatic heterocycles. The smallest absolute Gasteiger partial charge is 0.292 e. The second kappa shape index (κ2) is 6.67. The molecule has 2 N–H and O–H groups in total. The van der Waals surface area contributed by atoms with Crippen molar-refractivity contribution in [3.63, 3.8) is 0 Å². The molecule has 6 heteroatoms. The number of nitrogen functional groups attached to an aromatic ring is 1. The summed E-state index contributed by atoms with van der Waals surface area (Å²) < 4.78 is 5.47. The second-order valence-corrected chi connectivity index (χ2v) is 5.43. The first-order chi connectivity index (χ1) is 9.56. The van der Waals surface area contributed by atoms with Crippen LogP contribution in [0.2, 0.25) is 0 Å². The van der Waals surface area contributed by atoms with Gasteiger partial charge in [0.25, 0.3) is 5.69 Å². The molecule has 0 bridgehead atoms. The maximum absolute atomic E-state index is 10.7. The molecule has 0 amide bonds. The summed E-state index contributed by atoms with van der Waals surface area (Å²) in [6, 6.07) is 4.93. The summed E-state index contributed by atoms with van der Waals surface area (Å²) in [6.07, 6.45) is 2.33. The highest BCUT2D eigenvalue weighted by Crippen LogP contribution is 2.23. The van der Waals surface area contributed by atoms with Gasteiger partial charge >= 0.3 is 0 Å². The number of rotatable bonds is 5. The average Bonchev–Trinajstić information content (AvgIpc) is 2.39. The third-order valence-corrected chi connectivity index (χ3v) is 3.57. The molecule has 1 saturated heterocycles. The number of hydrogen-bond donors (Lipinski definition) is 1. The van der Waals surface area contributed by atoms with E-state index in [1.807, 2.05) is 7.05 Å². The zero-order valence-electron chi connectivity index (χ0n) is 11.7. The van der Waals surface area contributed by atoms with Gasteiger partial charge in [-0.3, -0.25) is 10.1 Å². The summed E-state index contributed by atoms with van der Waals surface area (Å²) in [5, 5.41) is 10.7. The van der Waals surface area contributed by atoms with Gasteiger partial charge in [0.2, 0.25) is 0 Å². The molecule has 0 spiro atoms. The Balaban J connectivity index is 1.92. The molecule has 1 unspecified atom stereocenters. The lowest BCUT2D eigenvalue weighted by molar-refractivity contribution is -0.383. The quantitative estimate of drug-likeness (QED) is 0.506. The van der Waals surface area contributed by atoms with Crippen LogP contribution in [0.3, 0.4) is 0 Å². The number of nitro groups is 1. The van der Waals surface area contributed by atoms with E-state index in [0.717, 1.165) is 38.3 Å². The van der Waals surface area contributed by atoms with Gasteiger partial charge in [0, 0.05) is 25.8 Å². The molecule has 1 fully saturated rings. The summed E-state index contributed by atoms with van der Waals surface area (Å²) >= 11 is 0. The van der Waals surface area contributed by atoms with Crippen LogP contribution in [0, 0.1) is 16.0 Å². The van der Waals surface area contributed by atoms with E-state index in [9.17, 15) is 10.1 Å². The van der Waals surface area contributed by atoms with Gasteiger partial charge < -0.3 is 15.4 Å². The van der Waals surface area contributed by atoms with Gasteiger partial charge in [-0.1, -0.05) is 6.07 Å². The monoisotopic (exact) mass is 279 g/mol. The third kappa shape index (κ3) is 3.91.